The molecule has 2 rings (SSSR count). The van der Waals surface area contributed by atoms with E-state index < -0.39 is 29.5 Å². The molecule has 0 aliphatic heterocycles. The highest BCUT2D eigenvalue weighted by Crippen LogP contribution is 2.10. The van der Waals surface area contributed by atoms with Crippen molar-refractivity contribution in [2.45, 2.75) is 25.8 Å². The molecule has 10 nitrogen and oxygen atoms in total. The minimum Gasteiger partial charge on any atom is -0.480 e. The van der Waals surface area contributed by atoms with Crippen molar-refractivity contribution in [1.29, 1.82) is 0 Å². The number of carboxylic acids is 1. The van der Waals surface area contributed by atoms with Crippen molar-refractivity contribution in [2.75, 3.05) is 12.4 Å². The molecular weight excluding hydrogens is 318 g/mol. The fraction of sp³-hybridized carbons (Fsp3) is 0.357. The van der Waals surface area contributed by atoms with Gasteiger partial charge in [-0.3, -0.25) is 14.6 Å². The minimum absolute atomic E-state index is 0.112. The van der Waals surface area contributed by atoms with E-state index in [0.29, 0.717) is 11.2 Å². The average molecular weight is 335 g/mol. The lowest BCUT2D eigenvalue weighted by molar-refractivity contribution is -0.148. The van der Waals surface area contributed by atoms with Crippen LogP contribution in [0.4, 0.5) is 5.82 Å². The molecule has 1 atom stereocenters. The molecule has 0 saturated carbocycles. The van der Waals surface area contributed by atoms with Gasteiger partial charge in [0.2, 0.25) is 11.8 Å². The zero-order chi connectivity index (χ0) is 17.9. The molecule has 0 aromatic carbocycles. The highest BCUT2D eigenvalue weighted by atomic mass is 16.4. The van der Waals surface area contributed by atoms with Crippen molar-refractivity contribution in [3.8, 4) is 0 Å². The van der Waals surface area contributed by atoms with Gasteiger partial charge in [-0.15, -0.1) is 0 Å². The van der Waals surface area contributed by atoms with E-state index in [1.54, 1.807) is 6.07 Å². The summed E-state index contributed by atoms with van der Waals surface area (Å²) in [5.74, 6) is -1.77. The van der Waals surface area contributed by atoms with Crippen molar-refractivity contribution in [1.82, 2.24) is 19.9 Å². The summed E-state index contributed by atoms with van der Waals surface area (Å²) in [4.78, 5) is 55.8. The number of hydrogen-bond donors (Lipinski definition) is 4. The molecule has 0 fully saturated rings. The molecule has 2 aromatic rings. The molecule has 0 aliphatic carbocycles. The van der Waals surface area contributed by atoms with Crippen LogP contribution in [0.15, 0.2) is 16.9 Å². The Morgan fingerprint density at radius 3 is 2.67 bits per heavy atom. The van der Waals surface area contributed by atoms with Crippen molar-refractivity contribution in [3.05, 3.63) is 22.6 Å². The van der Waals surface area contributed by atoms with E-state index in [0.717, 1.165) is 4.90 Å². The van der Waals surface area contributed by atoms with Crippen LogP contribution < -0.4 is 11.0 Å². The van der Waals surface area contributed by atoms with E-state index in [1.165, 1.54) is 20.0 Å². The number of H-pyrrole nitrogens is 2. The first-order valence-electron chi connectivity index (χ1n) is 7.15. The highest BCUT2D eigenvalue weighted by molar-refractivity contribution is 5.93. The maximum atomic E-state index is 11.9. The van der Waals surface area contributed by atoms with Crippen LogP contribution in [-0.2, 0) is 14.4 Å². The van der Waals surface area contributed by atoms with Gasteiger partial charge in [-0.1, -0.05) is 0 Å². The molecule has 2 aromatic heterocycles. The number of nitrogens with zero attached hydrogens (tertiary/aromatic N) is 2. The largest absolute Gasteiger partial charge is 0.480 e. The lowest BCUT2D eigenvalue weighted by Crippen LogP contribution is -2.40. The van der Waals surface area contributed by atoms with Crippen LogP contribution in [0, 0.1) is 0 Å². The summed E-state index contributed by atoms with van der Waals surface area (Å²) in [6, 6.07) is 2.14. The van der Waals surface area contributed by atoms with Gasteiger partial charge in [0, 0.05) is 19.9 Å². The third-order valence-corrected chi connectivity index (χ3v) is 3.54. The molecule has 0 radical (unpaired) electrons. The lowest BCUT2D eigenvalue weighted by atomic mass is 10.2. The number of likely N-dealkylation sites (N-methyl/N-ethyl adjacent to an activating group) is 1. The Kier molecular flexibility index (Phi) is 4.97. The second kappa shape index (κ2) is 6.94. The monoisotopic (exact) mass is 335 g/mol. The number of carboxylic acid groups (broad SMARTS) is 1. The molecule has 2 amide bonds. The SMILES string of the molecule is CC(C(=O)O)N(C)C(=O)CCC(=O)Nc1ccc2[nH]c(=O)[nH]c2n1. The van der Waals surface area contributed by atoms with E-state index in [-0.39, 0.29) is 18.7 Å². The zero-order valence-electron chi connectivity index (χ0n) is 13.1. The average Bonchev–Trinajstić information content (AvgIpc) is 2.90. The first kappa shape index (κ1) is 17.2. The van der Waals surface area contributed by atoms with Crippen molar-refractivity contribution in [2.24, 2.45) is 0 Å². The van der Waals surface area contributed by atoms with Crippen LogP contribution in [0.1, 0.15) is 19.8 Å². The molecule has 0 saturated heterocycles. The minimum atomic E-state index is -1.12. The Morgan fingerprint density at radius 1 is 1.29 bits per heavy atom. The number of pyridine rings is 1. The number of nitrogens with one attached hydrogen (secondary N) is 3. The summed E-state index contributed by atoms with van der Waals surface area (Å²) in [5, 5.41) is 11.4. The number of rotatable bonds is 6. The first-order valence-corrected chi connectivity index (χ1v) is 7.15. The molecule has 128 valence electrons. The molecule has 0 spiro atoms. The van der Waals surface area contributed by atoms with Crippen LogP contribution in [0.25, 0.3) is 11.2 Å². The summed E-state index contributed by atoms with van der Waals surface area (Å²) in [6.07, 6.45) is -0.234. The van der Waals surface area contributed by atoms with Gasteiger partial charge in [-0.05, 0) is 19.1 Å². The fourth-order valence-electron chi connectivity index (χ4n) is 1.97. The van der Waals surface area contributed by atoms with E-state index in [4.69, 9.17) is 5.11 Å². The molecular formula is C14H17N5O5. The smallest absolute Gasteiger partial charge is 0.326 e. The number of anilines is 1. The standard InChI is InChI=1S/C14H17N5O5/c1-7(13(22)23)19(2)11(21)6-5-10(20)16-9-4-3-8-12(17-9)18-14(24)15-8/h3-4,7H,5-6H2,1-2H3,(H,22,23)(H3,15,16,17,18,20,24). The number of aromatic nitrogens is 3. The number of carbonyl (C=O) groups excluding carboxylic acids is 2. The number of fused-ring (bicyclic) bond motifs is 1. The Hall–Kier alpha value is -3.17. The summed E-state index contributed by atoms with van der Waals surface area (Å²) in [5.41, 5.74) is 0.420. The number of aromatic amines is 2. The van der Waals surface area contributed by atoms with E-state index in [2.05, 4.69) is 20.3 Å². The highest BCUT2D eigenvalue weighted by Gasteiger charge is 2.21. The van der Waals surface area contributed by atoms with Crippen molar-refractivity contribution < 1.29 is 19.5 Å². The zero-order valence-corrected chi connectivity index (χ0v) is 13.1. The summed E-state index contributed by atoms with van der Waals surface area (Å²) >= 11 is 0. The van der Waals surface area contributed by atoms with E-state index in [9.17, 15) is 19.2 Å². The first-order chi connectivity index (χ1) is 11.3. The number of imidazole rings is 1. The summed E-state index contributed by atoms with van der Waals surface area (Å²) < 4.78 is 0. The fourth-order valence-corrected chi connectivity index (χ4v) is 1.97. The molecule has 24 heavy (non-hydrogen) atoms. The molecule has 4 N–H and O–H groups in total. The van der Waals surface area contributed by atoms with Crippen LogP contribution in [-0.4, -0.2) is 55.8 Å². The molecule has 0 bridgehead atoms. The van der Waals surface area contributed by atoms with Crippen LogP contribution in [0.3, 0.4) is 0 Å². The van der Waals surface area contributed by atoms with Crippen molar-refractivity contribution >= 4 is 34.8 Å². The van der Waals surface area contributed by atoms with Gasteiger partial charge >= 0.3 is 11.7 Å². The second-order valence-corrected chi connectivity index (χ2v) is 5.24. The van der Waals surface area contributed by atoms with Gasteiger partial charge in [0.05, 0.1) is 5.52 Å². The molecule has 1 unspecified atom stereocenters. The predicted molar refractivity (Wildman–Crippen MR) is 84.4 cm³/mol. The number of carbonyl (C=O) groups is 3. The quantitative estimate of drug-likeness (QED) is 0.579. The third-order valence-electron chi connectivity index (χ3n) is 3.54. The summed E-state index contributed by atoms with van der Waals surface area (Å²) in [7, 11) is 1.37. The van der Waals surface area contributed by atoms with Gasteiger partial charge in [0.25, 0.3) is 0 Å². The van der Waals surface area contributed by atoms with Gasteiger partial charge in [0.15, 0.2) is 5.65 Å². The van der Waals surface area contributed by atoms with Crippen LogP contribution in [0.2, 0.25) is 0 Å². The normalized spacial score (nSPS) is 11.9. The molecule has 0 aliphatic rings. The van der Waals surface area contributed by atoms with Crippen LogP contribution >= 0.6 is 0 Å². The van der Waals surface area contributed by atoms with E-state index in [1.807, 2.05) is 0 Å². The van der Waals surface area contributed by atoms with Gasteiger partial charge in [0.1, 0.15) is 11.9 Å². The molecule has 2 heterocycles. The third kappa shape index (κ3) is 3.97. The number of hydrogen-bond acceptors (Lipinski definition) is 5. The van der Waals surface area contributed by atoms with Gasteiger partial charge in [-0.25, -0.2) is 14.6 Å². The van der Waals surface area contributed by atoms with Gasteiger partial charge < -0.3 is 20.3 Å². The topological polar surface area (TPSA) is 148 Å². The summed E-state index contributed by atoms with van der Waals surface area (Å²) in [6.45, 7) is 1.39. The maximum absolute atomic E-state index is 11.9. The Labute approximate surface area is 135 Å². The Morgan fingerprint density at radius 2 is 2.00 bits per heavy atom. The lowest BCUT2D eigenvalue weighted by Gasteiger charge is -2.21. The molecule has 10 heteroatoms. The number of amides is 2. The second-order valence-electron chi connectivity index (χ2n) is 5.24. The van der Waals surface area contributed by atoms with Gasteiger partial charge in [-0.2, -0.15) is 0 Å². The Bertz CT molecular complexity index is 839. The van der Waals surface area contributed by atoms with E-state index >= 15 is 0 Å². The Balaban J connectivity index is 1.91. The number of aliphatic carboxylic acids is 1. The predicted octanol–water partition coefficient (Wildman–Crippen LogP) is -0.0986. The maximum Gasteiger partial charge on any atom is 0.326 e. The van der Waals surface area contributed by atoms with Crippen LogP contribution in [0.5, 0.6) is 0 Å². The van der Waals surface area contributed by atoms with Crippen molar-refractivity contribution in [3.63, 3.8) is 0 Å².